The minimum Gasteiger partial charge on any atom is -0.384 e. The molecule has 0 aliphatic rings. The Kier molecular flexibility index (Phi) is 3.27. The minimum atomic E-state index is -0.400. The van der Waals surface area contributed by atoms with Crippen molar-refractivity contribution in [3.63, 3.8) is 0 Å². The fourth-order valence-electron chi connectivity index (χ4n) is 1.98. The maximum Gasteiger partial charge on any atom is 0.269 e. The second-order valence-corrected chi connectivity index (χ2v) is 3.98. The number of aromatic nitrogens is 2. The summed E-state index contributed by atoms with van der Waals surface area (Å²) in [6.45, 7) is 1.99. The summed E-state index contributed by atoms with van der Waals surface area (Å²) in [4.78, 5) is 10.4. The number of hydrogen-bond donors (Lipinski definition) is 1. The third-order valence-corrected chi connectivity index (χ3v) is 2.85. The van der Waals surface area contributed by atoms with E-state index in [1.165, 1.54) is 6.07 Å². The predicted molar refractivity (Wildman–Crippen MR) is 68.2 cm³/mol. The molecule has 2 N–H and O–H groups in total. The molecule has 1 atom stereocenters. The molecule has 6 nitrogen and oxygen atoms in total. The molecular formula is C12H14N4O2. The summed E-state index contributed by atoms with van der Waals surface area (Å²) in [6.07, 6.45) is 2.38. The molecule has 1 heterocycles. The van der Waals surface area contributed by atoms with Crippen molar-refractivity contribution in [2.75, 3.05) is 5.73 Å². The largest absolute Gasteiger partial charge is 0.384 e. The van der Waals surface area contributed by atoms with E-state index in [1.807, 2.05) is 13.0 Å². The van der Waals surface area contributed by atoms with Crippen LogP contribution in [0, 0.1) is 10.1 Å². The number of benzene rings is 1. The second-order valence-electron chi connectivity index (χ2n) is 3.98. The van der Waals surface area contributed by atoms with E-state index < -0.39 is 4.92 Å². The van der Waals surface area contributed by atoms with Gasteiger partial charge in [-0.25, -0.2) is 4.68 Å². The molecule has 0 aliphatic carbocycles. The van der Waals surface area contributed by atoms with Gasteiger partial charge in [-0.2, -0.15) is 5.10 Å². The molecule has 0 amide bonds. The summed E-state index contributed by atoms with van der Waals surface area (Å²) in [7, 11) is 0. The van der Waals surface area contributed by atoms with Crippen molar-refractivity contribution < 1.29 is 4.92 Å². The number of rotatable bonds is 4. The van der Waals surface area contributed by atoms with E-state index in [4.69, 9.17) is 5.73 Å². The lowest BCUT2D eigenvalue weighted by atomic mass is 10.0. The van der Waals surface area contributed by atoms with Crippen LogP contribution in [0.15, 0.2) is 36.5 Å². The van der Waals surface area contributed by atoms with E-state index in [1.54, 1.807) is 29.1 Å². The number of nitrogens with two attached hydrogens (primary N) is 1. The topological polar surface area (TPSA) is 87.0 Å². The van der Waals surface area contributed by atoms with Crippen molar-refractivity contribution in [3.8, 4) is 0 Å². The number of nitrogens with zero attached hydrogens (tertiary/aromatic N) is 3. The average molecular weight is 246 g/mol. The van der Waals surface area contributed by atoms with E-state index in [9.17, 15) is 10.1 Å². The van der Waals surface area contributed by atoms with Crippen LogP contribution < -0.4 is 5.73 Å². The molecule has 6 heteroatoms. The number of non-ortho nitro benzene ring substituents is 1. The zero-order valence-electron chi connectivity index (χ0n) is 9.98. The van der Waals surface area contributed by atoms with Gasteiger partial charge >= 0.3 is 0 Å². The van der Waals surface area contributed by atoms with Gasteiger partial charge in [-0.1, -0.05) is 19.1 Å². The van der Waals surface area contributed by atoms with Crippen molar-refractivity contribution in [3.05, 3.63) is 52.2 Å². The predicted octanol–water partition coefficient (Wildman–Crippen LogP) is 2.37. The second kappa shape index (κ2) is 4.87. The van der Waals surface area contributed by atoms with E-state index in [0.29, 0.717) is 5.82 Å². The SMILES string of the molecule is CCC(c1cccc([N+](=O)[O-])c1)n1nccc1N. The number of nitrogen functional groups attached to an aromatic ring is 1. The minimum absolute atomic E-state index is 0.0803. The fraction of sp³-hybridized carbons (Fsp3) is 0.250. The number of nitro groups is 1. The van der Waals surface area contributed by atoms with Gasteiger partial charge in [0, 0.05) is 12.1 Å². The summed E-state index contributed by atoms with van der Waals surface area (Å²) in [5, 5.41) is 14.9. The molecule has 1 aromatic carbocycles. The average Bonchev–Trinajstić information content (AvgIpc) is 2.77. The zero-order valence-corrected chi connectivity index (χ0v) is 9.98. The van der Waals surface area contributed by atoms with Crippen molar-refractivity contribution in [1.29, 1.82) is 0 Å². The molecule has 1 unspecified atom stereocenters. The van der Waals surface area contributed by atoms with Gasteiger partial charge in [0.15, 0.2) is 0 Å². The quantitative estimate of drug-likeness (QED) is 0.662. The molecule has 0 bridgehead atoms. The Hall–Kier alpha value is -2.37. The number of anilines is 1. The Labute approximate surface area is 104 Å². The molecule has 0 fully saturated rings. The lowest BCUT2D eigenvalue weighted by Crippen LogP contribution is -2.13. The summed E-state index contributed by atoms with van der Waals surface area (Å²) in [5.41, 5.74) is 6.73. The Bertz CT molecular complexity index is 565. The van der Waals surface area contributed by atoms with Gasteiger partial charge in [-0.3, -0.25) is 10.1 Å². The van der Waals surface area contributed by atoms with Crippen LogP contribution in [0.2, 0.25) is 0 Å². The molecule has 0 spiro atoms. The lowest BCUT2D eigenvalue weighted by Gasteiger charge is -2.17. The highest BCUT2D eigenvalue weighted by molar-refractivity contribution is 5.37. The van der Waals surface area contributed by atoms with Gasteiger partial charge in [-0.15, -0.1) is 0 Å². The molecule has 94 valence electrons. The molecule has 1 aromatic heterocycles. The van der Waals surface area contributed by atoms with Gasteiger partial charge < -0.3 is 5.73 Å². The van der Waals surface area contributed by atoms with Gasteiger partial charge in [0.1, 0.15) is 5.82 Å². The van der Waals surface area contributed by atoms with Crippen LogP contribution >= 0.6 is 0 Å². The van der Waals surface area contributed by atoms with Crippen LogP contribution in [0.1, 0.15) is 24.9 Å². The van der Waals surface area contributed by atoms with Crippen molar-refractivity contribution >= 4 is 11.5 Å². The molecule has 0 saturated carbocycles. The highest BCUT2D eigenvalue weighted by Gasteiger charge is 2.17. The summed E-state index contributed by atoms with van der Waals surface area (Å²) >= 11 is 0. The highest BCUT2D eigenvalue weighted by atomic mass is 16.6. The summed E-state index contributed by atoms with van der Waals surface area (Å²) < 4.78 is 1.68. The Morgan fingerprint density at radius 1 is 1.50 bits per heavy atom. The number of nitro benzene ring substituents is 1. The third kappa shape index (κ3) is 2.17. The first-order valence-corrected chi connectivity index (χ1v) is 5.66. The maximum atomic E-state index is 10.8. The molecule has 2 rings (SSSR count). The molecule has 2 aromatic rings. The van der Waals surface area contributed by atoms with Gasteiger partial charge in [-0.05, 0) is 18.1 Å². The third-order valence-electron chi connectivity index (χ3n) is 2.85. The molecular weight excluding hydrogens is 232 g/mol. The first-order chi connectivity index (χ1) is 8.63. The van der Waals surface area contributed by atoms with Crippen LogP contribution in [0.3, 0.4) is 0 Å². The Morgan fingerprint density at radius 2 is 2.28 bits per heavy atom. The fourth-order valence-corrected chi connectivity index (χ4v) is 1.98. The van der Waals surface area contributed by atoms with E-state index in [0.717, 1.165) is 12.0 Å². The van der Waals surface area contributed by atoms with E-state index in [2.05, 4.69) is 5.10 Å². The van der Waals surface area contributed by atoms with Crippen molar-refractivity contribution in [2.24, 2.45) is 0 Å². The van der Waals surface area contributed by atoms with Crippen LogP contribution in [0.25, 0.3) is 0 Å². The normalized spacial score (nSPS) is 12.3. The van der Waals surface area contributed by atoms with Crippen LogP contribution in [-0.2, 0) is 0 Å². The van der Waals surface area contributed by atoms with Crippen molar-refractivity contribution in [1.82, 2.24) is 9.78 Å². The van der Waals surface area contributed by atoms with Crippen LogP contribution in [0.4, 0.5) is 11.5 Å². The zero-order chi connectivity index (χ0) is 13.1. The summed E-state index contributed by atoms with van der Waals surface area (Å²) in [5.74, 6) is 0.549. The van der Waals surface area contributed by atoms with E-state index >= 15 is 0 Å². The summed E-state index contributed by atoms with van der Waals surface area (Å²) in [6, 6.07) is 8.19. The van der Waals surface area contributed by atoms with Gasteiger partial charge in [0.05, 0.1) is 17.2 Å². The first kappa shape index (κ1) is 12.1. The molecule has 0 saturated heterocycles. The Morgan fingerprint density at radius 3 is 2.83 bits per heavy atom. The molecule has 18 heavy (non-hydrogen) atoms. The maximum absolute atomic E-state index is 10.8. The first-order valence-electron chi connectivity index (χ1n) is 5.66. The molecule has 0 radical (unpaired) electrons. The lowest BCUT2D eigenvalue weighted by molar-refractivity contribution is -0.384. The monoisotopic (exact) mass is 246 g/mol. The highest BCUT2D eigenvalue weighted by Crippen LogP contribution is 2.26. The smallest absolute Gasteiger partial charge is 0.269 e. The van der Waals surface area contributed by atoms with Crippen molar-refractivity contribution in [2.45, 2.75) is 19.4 Å². The molecule has 0 aliphatic heterocycles. The van der Waals surface area contributed by atoms with Gasteiger partial charge in [0.2, 0.25) is 0 Å². The Balaban J connectivity index is 2.42. The standard InChI is InChI=1S/C12H14N4O2/c1-2-11(15-12(13)6-7-14-15)9-4-3-5-10(8-9)16(17)18/h3-8,11H,2,13H2,1H3. The van der Waals surface area contributed by atoms with Gasteiger partial charge in [0.25, 0.3) is 5.69 Å². The van der Waals surface area contributed by atoms with Crippen LogP contribution in [-0.4, -0.2) is 14.7 Å². The van der Waals surface area contributed by atoms with Crippen LogP contribution in [0.5, 0.6) is 0 Å². The number of hydrogen-bond acceptors (Lipinski definition) is 4. The van der Waals surface area contributed by atoms with E-state index in [-0.39, 0.29) is 11.7 Å².